The van der Waals surface area contributed by atoms with Crippen molar-refractivity contribution < 1.29 is 17.9 Å². The first kappa shape index (κ1) is 16.7. The highest BCUT2D eigenvalue weighted by atomic mass is 19.4. The summed E-state index contributed by atoms with van der Waals surface area (Å²) in [6.45, 7) is 3.58. The molecule has 2 aromatic rings. The summed E-state index contributed by atoms with van der Waals surface area (Å²) in [5, 5.41) is 6.93. The van der Waals surface area contributed by atoms with Crippen molar-refractivity contribution in [2.45, 2.75) is 38.6 Å². The standard InChI is InChI=1S/C15H18F3N5O/c1-2-23-9-10(7-20-23)12-6-13(15(16,17)18)22-14(21-12)19-8-11-4-3-5-24-11/h6-7,9,11H,2-5,8H2,1H3,(H,19,21,22). The molecular formula is C15H18F3N5O. The summed E-state index contributed by atoms with van der Waals surface area (Å²) in [5.41, 5.74) is -0.275. The van der Waals surface area contributed by atoms with Gasteiger partial charge in [0.1, 0.15) is 0 Å². The van der Waals surface area contributed by atoms with E-state index < -0.39 is 11.9 Å². The molecule has 0 aliphatic carbocycles. The van der Waals surface area contributed by atoms with Crippen LogP contribution in [0.4, 0.5) is 19.1 Å². The van der Waals surface area contributed by atoms with E-state index in [0.29, 0.717) is 25.3 Å². The van der Waals surface area contributed by atoms with Crippen molar-refractivity contribution in [3.8, 4) is 11.3 Å². The molecule has 1 aliphatic rings. The van der Waals surface area contributed by atoms with Gasteiger partial charge in [-0.3, -0.25) is 4.68 Å². The molecule has 3 rings (SSSR count). The van der Waals surface area contributed by atoms with E-state index in [1.165, 1.54) is 6.20 Å². The van der Waals surface area contributed by atoms with Crippen molar-refractivity contribution in [3.63, 3.8) is 0 Å². The number of rotatable bonds is 5. The van der Waals surface area contributed by atoms with Crippen LogP contribution in [-0.4, -0.2) is 39.0 Å². The lowest BCUT2D eigenvalue weighted by atomic mass is 10.2. The molecule has 24 heavy (non-hydrogen) atoms. The first-order valence-corrected chi connectivity index (χ1v) is 7.80. The Balaban J connectivity index is 1.87. The highest BCUT2D eigenvalue weighted by Gasteiger charge is 2.34. The van der Waals surface area contributed by atoms with Gasteiger partial charge in [0.25, 0.3) is 0 Å². The quantitative estimate of drug-likeness (QED) is 0.906. The molecule has 6 nitrogen and oxygen atoms in total. The summed E-state index contributed by atoms with van der Waals surface area (Å²) >= 11 is 0. The highest BCUT2D eigenvalue weighted by Crippen LogP contribution is 2.31. The molecule has 0 saturated carbocycles. The summed E-state index contributed by atoms with van der Waals surface area (Å²) in [7, 11) is 0. The van der Waals surface area contributed by atoms with Gasteiger partial charge < -0.3 is 10.1 Å². The maximum Gasteiger partial charge on any atom is 0.433 e. The highest BCUT2D eigenvalue weighted by molar-refractivity contribution is 5.59. The fourth-order valence-electron chi connectivity index (χ4n) is 2.50. The van der Waals surface area contributed by atoms with E-state index in [1.807, 2.05) is 6.92 Å². The fraction of sp³-hybridized carbons (Fsp3) is 0.533. The Bertz CT molecular complexity index is 695. The molecule has 1 atom stereocenters. The molecule has 0 bridgehead atoms. The molecule has 1 N–H and O–H groups in total. The van der Waals surface area contributed by atoms with E-state index in [2.05, 4.69) is 20.4 Å². The number of hydrogen-bond acceptors (Lipinski definition) is 5. The monoisotopic (exact) mass is 341 g/mol. The number of nitrogens with zero attached hydrogens (tertiary/aromatic N) is 4. The number of aromatic nitrogens is 4. The van der Waals surface area contributed by atoms with E-state index in [4.69, 9.17) is 4.74 Å². The van der Waals surface area contributed by atoms with Gasteiger partial charge in [0.05, 0.1) is 18.0 Å². The molecular weight excluding hydrogens is 323 g/mol. The summed E-state index contributed by atoms with van der Waals surface area (Å²) < 4.78 is 46.4. The lowest BCUT2D eigenvalue weighted by Crippen LogP contribution is -2.21. The van der Waals surface area contributed by atoms with Crippen LogP contribution in [0, 0.1) is 0 Å². The lowest BCUT2D eigenvalue weighted by Gasteiger charge is -2.13. The van der Waals surface area contributed by atoms with Crippen LogP contribution < -0.4 is 5.32 Å². The van der Waals surface area contributed by atoms with Gasteiger partial charge in [-0.05, 0) is 25.8 Å². The van der Waals surface area contributed by atoms with Crippen molar-refractivity contribution in [1.82, 2.24) is 19.7 Å². The topological polar surface area (TPSA) is 64.9 Å². The third-order valence-corrected chi connectivity index (χ3v) is 3.78. The number of anilines is 1. The third kappa shape index (κ3) is 3.84. The van der Waals surface area contributed by atoms with Gasteiger partial charge in [0, 0.05) is 31.5 Å². The Labute approximate surface area is 137 Å². The van der Waals surface area contributed by atoms with E-state index in [1.54, 1.807) is 10.9 Å². The normalized spacial score (nSPS) is 18.1. The number of aryl methyl sites for hydroxylation is 1. The minimum Gasteiger partial charge on any atom is -0.376 e. The predicted molar refractivity (Wildman–Crippen MR) is 81.4 cm³/mol. The summed E-state index contributed by atoms with van der Waals surface area (Å²) in [5.74, 6) is -0.0560. The van der Waals surface area contributed by atoms with E-state index in [0.717, 1.165) is 18.9 Å². The Morgan fingerprint density at radius 1 is 1.38 bits per heavy atom. The van der Waals surface area contributed by atoms with Gasteiger partial charge in [0.15, 0.2) is 5.69 Å². The second-order valence-electron chi connectivity index (χ2n) is 5.56. The van der Waals surface area contributed by atoms with Crippen LogP contribution in [0.1, 0.15) is 25.5 Å². The van der Waals surface area contributed by atoms with Crippen molar-refractivity contribution in [2.24, 2.45) is 0 Å². The largest absolute Gasteiger partial charge is 0.433 e. The molecule has 3 heterocycles. The Morgan fingerprint density at radius 3 is 2.83 bits per heavy atom. The van der Waals surface area contributed by atoms with Crippen LogP contribution in [-0.2, 0) is 17.5 Å². The molecule has 2 aromatic heterocycles. The lowest BCUT2D eigenvalue weighted by molar-refractivity contribution is -0.141. The number of halogens is 3. The van der Waals surface area contributed by atoms with Gasteiger partial charge in [-0.2, -0.15) is 18.3 Å². The van der Waals surface area contributed by atoms with Crippen LogP contribution in [0.3, 0.4) is 0 Å². The first-order valence-electron chi connectivity index (χ1n) is 7.80. The SMILES string of the molecule is CCn1cc(-c2cc(C(F)(F)F)nc(NCC3CCCO3)n2)cn1. The van der Waals surface area contributed by atoms with Crippen LogP contribution >= 0.6 is 0 Å². The maximum absolute atomic E-state index is 13.1. The molecule has 0 spiro atoms. The van der Waals surface area contributed by atoms with E-state index >= 15 is 0 Å². The van der Waals surface area contributed by atoms with Crippen molar-refractivity contribution in [2.75, 3.05) is 18.5 Å². The minimum atomic E-state index is -4.54. The van der Waals surface area contributed by atoms with Gasteiger partial charge in [-0.25, -0.2) is 9.97 Å². The molecule has 0 amide bonds. The second-order valence-corrected chi connectivity index (χ2v) is 5.56. The molecule has 0 aromatic carbocycles. The number of ether oxygens (including phenoxy) is 1. The van der Waals surface area contributed by atoms with Crippen LogP contribution in [0.5, 0.6) is 0 Å². The zero-order valence-corrected chi connectivity index (χ0v) is 13.2. The van der Waals surface area contributed by atoms with Gasteiger partial charge >= 0.3 is 6.18 Å². The van der Waals surface area contributed by atoms with Crippen molar-refractivity contribution in [3.05, 3.63) is 24.2 Å². The molecule has 9 heteroatoms. The van der Waals surface area contributed by atoms with E-state index in [-0.39, 0.29) is 17.7 Å². The average molecular weight is 341 g/mol. The predicted octanol–water partition coefficient (Wildman–Crippen LogP) is 2.97. The molecule has 1 fully saturated rings. The molecule has 1 unspecified atom stereocenters. The first-order chi connectivity index (χ1) is 11.5. The van der Waals surface area contributed by atoms with Crippen LogP contribution in [0.2, 0.25) is 0 Å². The average Bonchev–Trinajstić information content (AvgIpc) is 3.23. The zero-order valence-electron chi connectivity index (χ0n) is 13.2. The van der Waals surface area contributed by atoms with Gasteiger partial charge in [-0.1, -0.05) is 0 Å². The summed E-state index contributed by atoms with van der Waals surface area (Å²) in [6, 6.07) is 0.939. The van der Waals surface area contributed by atoms with Gasteiger partial charge in [-0.15, -0.1) is 0 Å². The van der Waals surface area contributed by atoms with Crippen molar-refractivity contribution in [1.29, 1.82) is 0 Å². The number of hydrogen-bond donors (Lipinski definition) is 1. The summed E-state index contributed by atoms with van der Waals surface area (Å²) in [4.78, 5) is 7.78. The maximum atomic E-state index is 13.1. The van der Waals surface area contributed by atoms with Crippen LogP contribution in [0.25, 0.3) is 11.3 Å². The number of alkyl halides is 3. The van der Waals surface area contributed by atoms with E-state index in [9.17, 15) is 13.2 Å². The van der Waals surface area contributed by atoms with Gasteiger partial charge in [0.2, 0.25) is 5.95 Å². The second kappa shape index (κ2) is 6.76. The molecule has 1 saturated heterocycles. The molecule has 1 aliphatic heterocycles. The number of nitrogens with one attached hydrogen (secondary N) is 1. The Kier molecular flexibility index (Phi) is 4.70. The molecule has 130 valence electrons. The van der Waals surface area contributed by atoms with Crippen LogP contribution in [0.15, 0.2) is 18.5 Å². The smallest absolute Gasteiger partial charge is 0.376 e. The fourth-order valence-corrected chi connectivity index (χ4v) is 2.50. The molecule has 0 radical (unpaired) electrons. The Hall–Kier alpha value is -2.16. The minimum absolute atomic E-state index is 0.0190. The Morgan fingerprint density at radius 2 is 2.21 bits per heavy atom. The zero-order chi connectivity index (χ0) is 17.2. The van der Waals surface area contributed by atoms with Crippen molar-refractivity contribution >= 4 is 5.95 Å². The summed E-state index contributed by atoms with van der Waals surface area (Å²) in [6.07, 6.45) is 0.426. The third-order valence-electron chi connectivity index (χ3n) is 3.78.